The molecule has 1 saturated heterocycles. The number of hydrogen-bond acceptors (Lipinski definition) is 2. The Hall–Kier alpha value is -3.51. The number of aromatic nitrogens is 2. The summed E-state index contributed by atoms with van der Waals surface area (Å²) in [5, 5.41) is 0.675. The highest BCUT2D eigenvalue weighted by Crippen LogP contribution is 2.34. The van der Waals surface area contributed by atoms with Gasteiger partial charge in [0.1, 0.15) is 5.82 Å². The third-order valence-corrected chi connectivity index (χ3v) is 7.39. The molecule has 4 nitrogen and oxygen atoms in total. The van der Waals surface area contributed by atoms with Crippen LogP contribution in [0.3, 0.4) is 0 Å². The van der Waals surface area contributed by atoms with Gasteiger partial charge in [0.15, 0.2) is 0 Å². The third kappa shape index (κ3) is 4.90. The summed E-state index contributed by atoms with van der Waals surface area (Å²) in [6.45, 7) is 2.33. The highest BCUT2D eigenvalue weighted by Gasteiger charge is 2.30. The summed E-state index contributed by atoms with van der Waals surface area (Å²) >= 11 is 6.20. The van der Waals surface area contributed by atoms with E-state index in [4.69, 9.17) is 11.6 Å². The molecular weight excluding hydrogens is 492 g/mol. The first-order valence-electron chi connectivity index (χ1n) is 12.4. The second kappa shape index (κ2) is 10.5. The van der Waals surface area contributed by atoms with Crippen molar-refractivity contribution >= 4 is 34.1 Å². The molecule has 4 aromatic rings. The van der Waals surface area contributed by atoms with Crippen molar-refractivity contribution in [2.45, 2.75) is 39.2 Å². The quantitative estimate of drug-likeness (QED) is 0.269. The van der Waals surface area contributed by atoms with E-state index in [1.165, 1.54) is 0 Å². The Morgan fingerprint density at radius 1 is 1.03 bits per heavy atom. The van der Waals surface area contributed by atoms with Crippen molar-refractivity contribution in [1.82, 2.24) is 14.5 Å². The van der Waals surface area contributed by atoms with Crippen molar-refractivity contribution in [1.29, 1.82) is 0 Å². The smallest absolute Gasteiger partial charge is 0.320 e. The largest absolute Gasteiger partial charge is 0.339 e. The van der Waals surface area contributed by atoms with E-state index in [2.05, 4.69) is 4.98 Å². The highest BCUT2D eigenvalue weighted by molar-refractivity contribution is 6.30. The van der Waals surface area contributed by atoms with Crippen LogP contribution in [0, 0.1) is 6.92 Å². The zero-order chi connectivity index (χ0) is 26.1. The van der Waals surface area contributed by atoms with Crippen LogP contribution < -0.4 is 0 Å². The molecule has 2 heterocycles. The van der Waals surface area contributed by atoms with E-state index in [-0.39, 0.29) is 11.8 Å². The van der Waals surface area contributed by atoms with Crippen LogP contribution in [-0.2, 0) is 0 Å². The molecule has 0 saturated carbocycles. The fourth-order valence-electron chi connectivity index (χ4n) is 5.31. The van der Waals surface area contributed by atoms with Gasteiger partial charge in [0, 0.05) is 29.6 Å². The molecule has 37 heavy (non-hydrogen) atoms. The second-order valence-corrected chi connectivity index (χ2v) is 9.85. The number of nitrogens with zero attached hydrogens (tertiary/aromatic N) is 3. The van der Waals surface area contributed by atoms with Gasteiger partial charge in [0.25, 0.3) is 5.91 Å². The van der Waals surface area contributed by atoms with Gasteiger partial charge in [-0.15, -0.1) is 0 Å². The molecule has 0 N–H and O–H groups in total. The van der Waals surface area contributed by atoms with Crippen molar-refractivity contribution in [2.24, 2.45) is 0 Å². The topological polar surface area (TPSA) is 38.1 Å². The lowest BCUT2D eigenvalue weighted by Crippen LogP contribution is -2.38. The Bertz CT molecular complexity index is 1490. The number of amides is 1. The lowest BCUT2D eigenvalue weighted by molar-refractivity contribution is 0.0634. The minimum absolute atomic E-state index is 0.0414. The van der Waals surface area contributed by atoms with Crippen LogP contribution in [0.25, 0.3) is 16.6 Å². The molecule has 5 rings (SSSR count). The number of alkyl halides is 2. The second-order valence-electron chi connectivity index (χ2n) is 9.42. The first-order valence-corrected chi connectivity index (χ1v) is 12.8. The number of aryl methyl sites for hydroxylation is 1. The van der Waals surface area contributed by atoms with Gasteiger partial charge in [-0.25, -0.2) is 4.98 Å². The summed E-state index contributed by atoms with van der Waals surface area (Å²) in [5.74, 6) is 0.244. The Labute approximate surface area is 220 Å². The number of carbonyl (C=O) groups excluding carboxylic acids is 1. The molecule has 0 radical (unpaired) electrons. The molecule has 0 unspecified atom stereocenters. The predicted octanol–water partition coefficient (Wildman–Crippen LogP) is 7.86. The van der Waals surface area contributed by atoms with Crippen LogP contribution in [0.1, 0.15) is 65.1 Å². The van der Waals surface area contributed by atoms with Gasteiger partial charge >= 0.3 is 6.55 Å². The molecule has 1 aromatic heterocycles. The SMILES string of the molecule is C/C=C(/c1cccc(Cl)c1)c1ccc(C(=O)N2CCC(c3nc4ccccc4n3C(F)F)CC2)cc1C. The molecular formula is C30H28ClF2N3O. The van der Waals surface area contributed by atoms with Gasteiger partial charge in [-0.2, -0.15) is 8.78 Å². The number of hydrogen-bond donors (Lipinski definition) is 0. The maximum Gasteiger partial charge on any atom is 0.320 e. The summed E-state index contributed by atoms with van der Waals surface area (Å²) in [5.41, 5.74) is 5.77. The van der Waals surface area contributed by atoms with Gasteiger partial charge in [0.05, 0.1) is 11.0 Å². The van der Waals surface area contributed by atoms with Crippen LogP contribution in [0.4, 0.5) is 8.78 Å². The van der Waals surface area contributed by atoms with Crippen molar-refractivity contribution in [3.05, 3.63) is 106 Å². The van der Waals surface area contributed by atoms with Gasteiger partial charge in [-0.3, -0.25) is 9.36 Å². The van der Waals surface area contributed by atoms with E-state index in [9.17, 15) is 13.6 Å². The fraction of sp³-hybridized carbons (Fsp3) is 0.267. The van der Waals surface area contributed by atoms with Crippen molar-refractivity contribution in [3.63, 3.8) is 0 Å². The number of para-hydroxylation sites is 2. The molecule has 0 atom stereocenters. The lowest BCUT2D eigenvalue weighted by atomic mass is 9.92. The molecule has 1 aliphatic rings. The Balaban J connectivity index is 1.32. The molecule has 0 bridgehead atoms. The number of likely N-dealkylation sites (tertiary alicyclic amines) is 1. The zero-order valence-corrected chi connectivity index (χ0v) is 21.6. The van der Waals surface area contributed by atoms with Gasteiger partial charge in [-0.05, 0) is 85.4 Å². The zero-order valence-electron chi connectivity index (χ0n) is 20.8. The highest BCUT2D eigenvalue weighted by atomic mass is 35.5. The summed E-state index contributed by atoms with van der Waals surface area (Å²) in [4.78, 5) is 19.7. The minimum Gasteiger partial charge on any atom is -0.339 e. The number of rotatable bonds is 5. The summed E-state index contributed by atoms with van der Waals surface area (Å²) in [7, 11) is 0. The van der Waals surface area contributed by atoms with Crippen LogP contribution in [0.5, 0.6) is 0 Å². The average Bonchev–Trinajstić information content (AvgIpc) is 3.30. The number of fused-ring (bicyclic) bond motifs is 1. The van der Waals surface area contributed by atoms with Crippen LogP contribution in [-0.4, -0.2) is 33.4 Å². The first kappa shape index (κ1) is 25.2. The standard InChI is InChI=1S/C30H28ClF2N3O/c1-3-24(21-7-6-8-23(31)18-21)25-12-11-22(17-19(25)2)29(37)35-15-13-20(14-16-35)28-34-26-9-4-5-10-27(26)36(28)30(32)33/h3-12,17-18,20,30H,13-16H2,1-2H3/b24-3-. The molecule has 1 fully saturated rings. The number of imidazole rings is 1. The maximum absolute atomic E-state index is 13.9. The molecule has 190 valence electrons. The first-order chi connectivity index (χ1) is 17.9. The van der Waals surface area contributed by atoms with E-state index in [1.54, 1.807) is 24.3 Å². The number of carbonyl (C=O) groups is 1. The summed E-state index contributed by atoms with van der Waals surface area (Å²) < 4.78 is 28.8. The Morgan fingerprint density at radius 2 is 1.78 bits per heavy atom. The number of benzene rings is 3. The monoisotopic (exact) mass is 519 g/mol. The molecule has 7 heteroatoms. The van der Waals surface area contributed by atoms with E-state index < -0.39 is 6.55 Å². The normalized spacial score (nSPS) is 15.1. The lowest BCUT2D eigenvalue weighted by Gasteiger charge is -2.32. The van der Waals surface area contributed by atoms with Crippen LogP contribution in [0.2, 0.25) is 5.02 Å². The summed E-state index contributed by atoms with van der Waals surface area (Å²) in [6.07, 6.45) is 3.24. The number of halogens is 3. The minimum atomic E-state index is -2.66. The maximum atomic E-state index is 13.9. The van der Waals surface area contributed by atoms with E-state index in [0.29, 0.717) is 53.4 Å². The average molecular weight is 520 g/mol. The number of allylic oxidation sites excluding steroid dienone is 1. The van der Waals surface area contributed by atoms with Crippen molar-refractivity contribution < 1.29 is 13.6 Å². The summed E-state index contributed by atoms with van der Waals surface area (Å²) in [6, 6.07) is 20.5. The molecule has 0 spiro atoms. The van der Waals surface area contributed by atoms with Gasteiger partial charge in [-0.1, -0.05) is 48.0 Å². The molecule has 0 aliphatic carbocycles. The molecule has 3 aromatic carbocycles. The van der Waals surface area contributed by atoms with E-state index in [1.807, 2.05) is 67.3 Å². The van der Waals surface area contributed by atoms with Crippen LogP contribution in [0.15, 0.2) is 72.8 Å². The van der Waals surface area contributed by atoms with E-state index >= 15 is 0 Å². The van der Waals surface area contributed by atoms with Crippen molar-refractivity contribution in [2.75, 3.05) is 13.1 Å². The van der Waals surface area contributed by atoms with Gasteiger partial charge < -0.3 is 4.90 Å². The van der Waals surface area contributed by atoms with Gasteiger partial charge in [0.2, 0.25) is 0 Å². The van der Waals surface area contributed by atoms with Crippen molar-refractivity contribution in [3.8, 4) is 0 Å². The Morgan fingerprint density at radius 3 is 2.46 bits per heavy atom. The molecule has 1 aliphatic heterocycles. The van der Waals surface area contributed by atoms with Crippen LogP contribution >= 0.6 is 11.6 Å². The molecule has 1 amide bonds. The predicted molar refractivity (Wildman–Crippen MR) is 144 cm³/mol. The number of piperidine rings is 1. The Kier molecular flexibility index (Phi) is 7.11. The fourth-order valence-corrected chi connectivity index (χ4v) is 5.50. The third-order valence-electron chi connectivity index (χ3n) is 7.15. The van der Waals surface area contributed by atoms with E-state index in [0.717, 1.165) is 26.8 Å².